The number of nitrogen functional groups attached to an aromatic ring is 1. The third-order valence-electron chi connectivity index (χ3n) is 3.19. The van der Waals surface area contributed by atoms with Gasteiger partial charge in [0.2, 0.25) is 0 Å². The van der Waals surface area contributed by atoms with E-state index in [0.717, 1.165) is 17.3 Å². The van der Waals surface area contributed by atoms with Crippen LogP contribution < -0.4 is 10.6 Å². The van der Waals surface area contributed by atoms with E-state index < -0.39 is 11.8 Å². The molecular weight excluding hydrogens is 259 g/mol. The molecule has 0 radical (unpaired) electrons. The highest BCUT2D eigenvalue weighted by Gasteiger charge is 2.17. The molecular formula is C15H15FN2O2. The molecule has 0 saturated heterocycles. The van der Waals surface area contributed by atoms with E-state index in [1.54, 1.807) is 11.9 Å². The lowest BCUT2D eigenvalue weighted by molar-refractivity contribution is 0.0698. The minimum Gasteiger partial charge on any atom is -0.478 e. The highest BCUT2D eigenvalue weighted by atomic mass is 19.1. The summed E-state index contributed by atoms with van der Waals surface area (Å²) in [5.74, 6) is -1.74. The van der Waals surface area contributed by atoms with Crippen LogP contribution in [0.15, 0.2) is 36.4 Å². The number of rotatable bonds is 3. The van der Waals surface area contributed by atoms with Crippen molar-refractivity contribution in [1.29, 1.82) is 0 Å². The summed E-state index contributed by atoms with van der Waals surface area (Å²) < 4.78 is 14.0. The first kappa shape index (κ1) is 13.9. The Labute approximate surface area is 116 Å². The molecule has 0 unspecified atom stereocenters. The molecule has 2 aromatic rings. The number of para-hydroxylation sites is 1. The summed E-state index contributed by atoms with van der Waals surface area (Å²) in [6, 6.07) is 9.75. The van der Waals surface area contributed by atoms with Gasteiger partial charge in [-0.2, -0.15) is 0 Å². The number of hydrogen-bond acceptors (Lipinski definition) is 3. The standard InChI is InChI=1S/C15H15FN2O2/c1-9-5-3-4-6-13(9)18(2)14-7-10(15(19)20)12(17)8-11(14)16/h3-8H,17H2,1-2H3,(H,19,20). The number of aryl methyl sites for hydroxylation is 1. The van der Waals surface area contributed by atoms with Gasteiger partial charge >= 0.3 is 5.97 Å². The Morgan fingerprint density at radius 1 is 1.25 bits per heavy atom. The second-order valence-electron chi connectivity index (χ2n) is 4.54. The summed E-state index contributed by atoms with van der Waals surface area (Å²) in [5, 5.41) is 9.07. The van der Waals surface area contributed by atoms with Crippen molar-refractivity contribution in [3.63, 3.8) is 0 Å². The summed E-state index contributed by atoms with van der Waals surface area (Å²) >= 11 is 0. The maximum absolute atomic E-state index is 14.0. The van der Waals surface area contributed by atoms with Gasteiger partial charge in [-0.1, -0.05) is 18.2 Å². The fraction of sp³-hybridized carbons (Fsp3) is 0.133. The van der Waals surface area contributed by atoms with Crippen LogP contribution in [0.5, 0.6) is 0 Å². The van der Waals surface area contributed by atoms with Gasteiger partial charge in [-0.15, -0.1) is 0 Å². The summed E-state index contributed by atoms with van der Waals surface area (Å²) in [6.07, 6.45) is 0. The SMILES string of the molecule is Cc1ccccc1N(C)c1cc(C(=O)O)c(N)cc1F. The van der Waals surface area contributed by atoms with Gasteiger partial charge in [-0.05, 0) is 30.7 Å². The van der Waals surface area contributed by atoms with Crippen molar-refractivity contribution in [3.05, 3.63) is 53.3 Å². The zero-order valence-electron chi connectivity index (χ0n) is 11.2. The van der Waals surface area contributed by atoms with E-state index in [0.29, 0.717) is 0 Å². The third-order valence-corrected chi connectivity index (χ3v) is 3.19. The Morgan fingerprint density at radius 3 is 2.50 bits per heavy atom. The largest absolute Gasteiger partial charge is 0.478 e. The predicted molar refractivity (Wildman–Crippen MR) is 77.0 cm³/mol. The number of carbonyl (C=O) groups is 1. The number of carboxylic acids is 1. The van der Waals surface area contributed by atoms with E-state index in [4.69, 9.17) is 10.8 Å². The highest BCUT2D eigenvalue weighted by molar-refractivity contribution is 5.95. The maximum atomic E-state index is 14.0. The quantitative estimate of drug-likeness (QED) is 0.844. The van der Waals surface area contributed by atoms with Gasteiger partial charge in [0, 0.05) is 18.4 Å². The number of nitrogens with zero attached hydrogens (tertiary/aromatic N) is 1. The molecule has 0 aliphatic rings. The summed E-state index contributed by atoms with van der Waals surface area (Å²) in [4.78, 5) is 12.7. The summed E-state index contributed by atoms with van der Waals surface area (Å²) in [6.45, 7) is 1.90. The third kappa shape index (κ3) is 2.42. The van der Waals surface area contributed by atoms with E-state index in [9.17, 15) is 9.18 Å². The molecule has 0 fully saturated rings. The monoisotopic (exact) mass is 274 g/mol. The van der Waals surface area contributed by atoms with Crippen molar-refractivity contribution < 1.29 is 14.3 Å². The van der Waals surface area contributed by atoms with Crippen molar-refractivity contribution in [1.82, 2.24) is 0 Å². The van der Waals surface area contributed by atoms with Crippen LogP contribution in [-0.2, 0) is 0 Å². The molecule has 0 saturated carbocycles. The van der Waals surface area contributed by atoms with Crippen LogP contribution >= 0.6 is 0 Å². The van der Waals surface area contributed by atoms with Crippen molar-refractivity contribution in [2.45, 2.75) is 6.92 Å². The predicted octanol–water partition coefficient (Wildman–Crippen LogP) is 3.18. The average Bonchev–Trinajstić information content (AvgIpc) is 2.38. The van der Waals surface area contributed by atoms with Crippen LogP contribution in [0, 0.1) is 12.7 Å². The van der Waals surface area contributed by atoms with Crippen LogP contribution in [0.4, 0.5) is 21.5 Å². The first-order valence-corrected chi connectivity index (χ1v) is 6.03. The van der Waals surface area contributed by atoms with E-state index in [2.05, 4.69) is 0 Å². The van der Waals surface area contributed by atoms with Gasteiger partial charge in [0.15, 0.2) is 0 Å². The van der Waals surface area contributed by atoms with Crippen LogP contribution in [-0.4, -0.2) is 18.1 Å². The molecule has 0 bridgehead atoms. The lowest BCUT2D eigenvalue weighted by atomic mass is 10.1. The van der Waals surface area contributed by atoms with Crippen molar-refractivity contribution >= 4 is 23.0 Å². The molecule has 20 heavy (non-hydrogen) atoms. The van der Waals surface area contributed by atoms with Crippen molar-refractivity contribution in [3.8, 4) is 0 Å². The fourth-order valence-corrected chi connectivity index (χ4v) is 2.09. The second kappa shape index (κ2) is 5.21. The molecule has 2 rings (SSSR count). The molecule has 104 valence electrons. The normalized spacial score (nSPS) is 10.3. The van der Waals surface area contributed by atoms with Gasteiger partial charge in [-0.25, -0.2) is 9.18 Å². The Hall–Kier alpha value is -2.56. The van der Waals surface area contributed by atoms with Gasteiger partial charge in [-0.3, -0.25) is 0 Å². The lowest BCUT2D eigenvalue weighted by Gasteiger charge is -2.22. The molecule has 0 amide bonds. The topological polar surface area (TPSA) is 66.6 Å². The molecule has 2 aromatic carbocycles. The molecule has 0 aliphatic carbocycles. The van der Waals surface area contributed by atoms with Gasteiger partial charge < -0.3 is 15.7 Å². The van der Waals surface area contributed by atoms with E-state index in [-0.39, 0.29) is 16.9 Å². The first-order valence-electron chi connectivity index (χ1n) is 6.03. The number of anilines is 3. The molecule has 5 heteroatoms. The van der Waals surface area contributed by atoms with E-state index >= 15 is 0 Å². The number of benzene rings is 2. The second-order valence-corrected chi connectivity index (χ2v) is 4.54. The molecule has 4 nitrogen and oxygen atoms in total. The Morgan fingerprint density at radius 2 is 1.90 bits per heavy atom. The Balaban J connectivity index is 2.55. The molecule has 0 heterocycles. The maximum Gasteiger partial charge on any atom is 0.337 e. The number of carboxylic acid groups (broad SMARTS) is 1. The Kier molecular flexibility index (Phi) is 3.61. The Bertz CT molecular complexity index is 671. The van der Waals surface area contributed by atoms with Gasteiger partial charge in [0.25, 0.3) is 0 Å². The number of aromatic carboxylic acids is 1. The van der Waals surface area contributed by atoms with Gasteiger partial charge in [0.1, 0.15) is 5.82 Å². The lowest BCUT2D eigenvalue weighted by Crippen LogP contribution is -2.14. The van der Waals surface area contributed by atoms with E-state index in [1.165, 1.54) is 6.07 Å². The smallest absolute Gasteiger partial charge is 0.337 e. The number of nitrogens with two attached hydrogens (primary N) is 1. The zero-order valence-corrected chi connectivity index (χ0v) is 11.2. The van der Waals surface area contributed by atoms with Gasteiger partial charge in [0.05, 0.1) is 11.3 Å². The summed E-state index contributed by atoms with van der Waals surface area (Å²) in [7, 11) is 1.68. The molecule has 0 spiro atoms. The highest BCUT2D eigenvalue weighted by Crippen LogP contribution is 2.31. The van der Waals surface area contributed by atoms with Crippen LogP contribution in [0.1, 0.15) is 15.9 Å². The van der Waals surface area contributed by atoms with Crippen LogP contribution in [0.2, 0.25) is 0 Å². The van der Waals surface area contributed by atoms with Crippen LogP contribution in [0.3, 0.4) is 0 Å². The molecule has 0 aromatic heterocycles. The number of halogens is 1. The summed E-state index contributed by atoms with van der Waals surface area (Å²) in [5.41, 5.74) is 7.26. The minimum atomic E-state index is -1.18. The average molecular weight is 274 g/mol. The molecule has 0 aliphatic heterocycles. The van der Waals surface area contributed by atoms with Crippen LogP contribution in [0.25, 0.3) is 0 Å². The minimum absolute atomic E-state index is 0.0862. The van der Waals surface area contributed by atoms with Crippen molar-refractivity contribution in [2.24, 2.45) is 0 Å². The van der Waals surface area contributed by atoms with E-state index in [1.807, 2.05) is 31.2 Å². The molecule has 3 N–H and O–H groups in total. The van der Waals surface area contributed by atoms with Crippen molar-refractivity contribution in [2.75, 3.05) is 17.7 Å². The number of hydrogen-bond donors (Lipinski definition) is 2. The fourth-order valence-electron chi connectivity index (χ4n) is 2.09. The first-order chi connectivity index (χ1) is 9.41. The zero-order chi connectivity index (χ0) is 14.9. The molecule has 0 atom stereocenters.